The highest BCUT2D eigenvalue weighted by molar-refractivity contribution is 7.93. The Bertz CT molecular complexity index is 1350. The van der Waals surface area contributed by atoms with Gasteiger partial charge in [-0.2, -0.15) is 0 Å². The zero-order chi connectivity index (χ0) is 24.5. The van der Waals surface area contributed by atoms with Crippen molar-refractivity contribution in [1.82, 2.24) is 10.2 Å². The Labute approximate surface area is 200 Å². The van der Waals surface area contributed by atoms with Crippen molar-refractivity contribution in [1.29, 1.82) is 0 Å². The molecule has 3 aromatic carbocycles. The van der Waals surface area contributed by atoms with Crippen molar-refractivity contribution >= 4 is 38.3 Å². The van der Waals surface area contributed by atoms with Crippen molar-refractivity contribution in [3.8, 4) is 0 Å². The monoisotopic (exact) mass is 479 g/mol. The number of aryl methyl sites for hydroxylation is 1. The van der Waals surface area contributed by atoms with Crippen molar-refractivity contribution in [2.75, 3.05) is 17.9 Å². The summed E-state index contributed by atoms with van der Waals surface area (Å²) < 4.78 is 27.7. The van der Waals surface area contributed by atoms with Gasteiger partial charge in [-0.3, -0.25) is 13.9 Å². The number of hydrogen-bond donors (Lipinski definition) is 1. The maximum atomic E-state index is 13.2. The average molecular weight is 480 g/mol. The van der Waals surface area contributed by atoms with E-state index in [0.717, 1.165) is 21.9 Å². The molecule has 0 saturated heterocycles. The average Bonchev–Trinajstić information content (AvgIpc) is 3.05. The van der Waals surface area contributed by atoms with Crippen molar-refractivity contribution in [3.05, 3.63) is 71.8 Å². The van der Waals surface area contributed by atoms with Gasteiger partial charge in [0.1, 0.15) is 6.04 Å². The first-order chi connectivity index (χ1) is 16.3. The first kappa shape index (κ1) is 23.8. The van der Waals surface area contributed by atoms with Crippen LogP contribution in [-0.2, 0) is 26.2 Å². The second-order valence-corrected chi connectivity index (χ2v) is 10.4. The third-order valence-electron chi connectivity index (χ3n) is 6.45. The molecule has 1 atom stereocenters. The summed E-state index contributed by atoms with van der Waals surface area (Å²) in [5.41, 5.74) is 2.66. The zero-order valence-corrected chi connectivity index (χ0v) is 20.4. The Morgan fingerprint density at radius 1 is 1.03 bits per heavy atom. The smallest absolute Gasteiger partial charge is 0.265 e. The summed E-state index contributed by atoms with van der Waals surface area (Å²) in [5, 5.41) is 4.22. The molecule has 0 unspecified atom stereocenters. The summed E-state index contributed by atoms with van der Waals surface area (Å²) in [6.45, 7) is 4.18. The lowest BCUT2D eigenvalue weighted by atomic mass is 10.1. The fourth-order valence-corrected chi connectivity index (χ4v) is 6.23. The molecule has 3 aromatic rings. The van der Waals surface area contributed by atoms with Crippen molar-refractivity contribution in [2.24, 2.45) is 0 Å². The molecule has 0 fully saturated rings. The van der Waals surface area contributed by atoms with Crippen LogP contribution in [0.3, 0.4) is 0 Å². The Kier molecular flexibility index (Phi) is 6.61. The van der Waals surface area contributed by atoms with Crippen LogP contribution in [0, 0.1) is 6.92 Å². The Morgan fingerprint density at radius 3 is 2.44 bits per heavy atom. The molecule has 34 heavy (non-hydrogen) atoms. The minimum Gasteiger partial charge on any atom is -0.357 e. The van der Waals surface area contributed by atoms with E-state index in [4.69, 9.17) is 0 Å². The number of benzene rings is 3. The highest BCUT2D eigenvalue weighted by atomic mass is 32.2. The third-order valence-corrected chi connectivity index (χ3v) is 8.30. The van der Waals surface area contributed by atoms with E-state index < -0.39 is 16.1 Å². The van der Waals surface area contributed by atoms with E-state index in [1.165, 1.54) is 4.31 Å². The second-order valence-electron chi connectivity index (χ2n) is 8.55. The predicted molar refractivity (Wildman–Crippen MR) is 133 cm³/mol. The van der Waals surface area contributed by atoms with Crippen LogP contribution in [0.5, 0.6) is 0 Å². The molecular weight excluding hydrogens is 450 g/mol. The van der Waals surface area contributed by atoms with E-state index in [-0.39, 0.29) is 24.8 Å². The van der Waals surface area contributed by atoms with Gasteiger partial charge in [0.15, 0.2) is 0 Å². The number of carbonyl (C=O) groups excluding carboxylic acids is 2. The van der Waals surface area contributed by atoms with Gasteiger partial charge in [0.05, 0.1) is 10.6 Å². The normalized spacial score (nSPS) is 14.7. The SMILES string of the molecule is CNC(=O)[C@@H](C)N(Cc1ccccc1C)C(=O)CCCN1c2cccc3cccc(c23)S1(=O)=O. The number of hydrogen-bond acceptors (Lipinski definition) is 4. The quantitative estimate of drug-likeness (QED) is 0.535. The zero-order valence-electron chi connectivity index (χ0n) is 19.6. The molecule has 0 spiro atoms. The molecule has 0 aliphatic carbocycles. The summed E-state index contributed by atoms with van der Waals surface area (Å²) in [5.74, 6) is -0.433. The van der Waals surface area contributed by atoms with Gasteiger partial charge in [0, 0.05) is 31.9 Å². The fourth-order valence-electron chi connectivity index (χ4n) is 4.48. The number of rotatable bonds is 8. The van der Waals surface area contributed by atoms with E-state index >= 15 is 0 Å². The Hall–Kier alpha value is -3.39. The Morgan fingerprint density at radius 2 is 1.74 bits per heavy atom. The van der Waals surface area contributed by atoms with Crippen molar-refractivity contribution in [3.63, 3.8) is 0 Å². The van der Waals surface area contributed by atoms with Crippen LogP contribution in [0.25, 0.3) is 10.8 Å². The molecule has 0 saturated carbocycles. The molecule has 4 rings (SSSR count). The molecule has 0 bridgehead atoms. The van der Waals surface area contributed by atoms with Crippen molar-refractivity contribution < 1.29 is 18.0 Å². The lowest BCUT2D eigenvalue weighted by Gasteiger charge is -2.29. The van der Waals surface area contributed by atoms with Gasteiger partial charge in [-0.1, -0.05) is 48.5 Å². The molecule has 8 heteroatoms. The number of anilines is 1. The maximum Gasteiger partial charge on any atom is 0.265 e. The van der Waals surface area contributed by atoms with Crippen molar-refractivity contribution in [2.45, 2.75) is 44.2 Å². The molecule has 178 valence electrons. The van der Waals surface area contributed by atoms with Crippen LogP contribution in [0.4, 0.5) is 5.69 Å². The highest BCUT2D eigenvalue weighted by Gasteiger charge is 2.35. The van der Waals surface area contributed by atoms with Gasteiger partial charge in [-0.25, -0.2) is 8.42 Å². The van der Waals surface area contributed by atoms with Crippen LogP contribution in [0.2, 0.25) is 0 Å². The van der Waals surface area contributed by atoms with E-state index in [0.29, 0.717) is 23.5 Å². The van der Waals surface area contributed by atoms with Gasteiger partial charge in [-0.05, 0) is 48.9 Å². The summed E-state index contributed by atoms with van der Waals surface area (Å²) in [4.78, 5) is 27.5. The molecule has 7 nitrogen and oxygen atoms in total. The summed E-state index contributed by atoms with van der Waals surface area (Å²) in [6, 6.07) is 17.9. The van der Waals surface area contributed by atoms with E-state index in [9.17, 15) is 18.0 Å². The first-order valence-electron chi connectivity index (χ1n) is 11.4. The van der Waals surface area contributed by atoms with Crippen LogP contribution >= 0.6 is 0 Å². The van der Waals surface area contributed by atoms with Crippen LogP contribution in [0.15, 0.2) is 65.6 Å². The van der Waals surface area contributed by atoms with Crippen LogP contribution in [0.1, 0.15) is 30.9 Å². The predicted octanol–water partition coefficient (Wildman–Crippen LogP) is 3.60. The third kappa shape index (κ3) is 4.25. The number of carbonyl (C=O) groups is 2. The molecule has 1 N–H and O–H groups in total. The standard InChI is InChI=1S/C26H29N3O4S/c1-18-9-4-5-10-21(18)17-28(19(2)26(31)27-3)24(30)15-8-16-29-22-13-6-11-20-12-7-14-23(25(20)22)34(29,32)33/h4-7,9-14,19H,8,15-17H2,1-3H3,(H,27,31)/t19-/m1/s1. The minimum absolute atomic E-state index is 0.131. The molecular formula is C26H29N3O4S. The molecule has 1 aliphatic rings. The topological polar surface area (TPSA) is 86.8 Å². The lowest BCUT2D eigenvalue weighted by molar-refractivity contribution is -0.140. The molecule has 1 heterocycles. The molecule has 0 aromatic heterocycles. The number of nitrogens with zero attached hydrogens (tertiary/aromatic N) is 2. The summed E-state index contributed by atoms with van der Waals surface area (Å²) in [7, 11) is -2.11. The van der Waals surface area contributed by atoms with Gasteiger partial charge in [-0.15, -0.1) is 0 Å². The second kappa shape index (κ2) is 9.46. The van der Waals surface area contributed by atoms with Gasteiger partial charge < -0.3 is 10.2 Å². The maximum absolute atomic E-state index is 13.2. The van der Waals surface area contributed by atoms with Crippen LogP contribution in [-0.4, -0.2) is 44.8 Å². The largest absolute Gasteiger partial charge is 0.357 e. The Balaban J connectivity index is 1.51. The highest BCUT2D eigenvalue weighted by Crippen LogP contribution is 2.42. The molecule has 0 radical (unpaired) electrons. The molecule has 2 amide bonds. The first-order valence-corrected chi connectivity index (χ1v) is 12.8. The number of likely N-dealkylation sites (N-methyl/N-ethyl adjacent to an activating group) is 1. The number of nitrogens with one attached hydrogen (secondary N) is 1. The van der Waals surface area contributed by atoms with Gasteiger partial charge in [0.25, 0.3) is 10.0 Å². The van der Waals surface area contributed by atoms with Gasteiger partial charge in [0.2, 0.25) is 11.8 Å². The summed E-state index contributed by atoms with van der Waals surface area (Å²) in [6.07, 6.45) is 0.471. The van der Waals surface area contributed by atoms with Crippen LogP contribution < -0.4 is 9.62 Å². The van der Waals surface area contributed by atoms with E-state index in [1.54, 1.807) is 37.1 Å². The van der Waals surface area contributed by atoms with E-state index in [1.807, 2.05) is 49.4 Å². The number of amides is 2. The van der Waals surface area contributed by atoms with E-state index in [2.05, 4.69) is 5.32 Å². The van der Waals surface area contributed by atoms with Gasteiger partial charge >= 0.3 is 0 Å². The molecule has 1 aliphatic heterocycles. The lowest BCUT2D eigenvalue weighted by Crippen LogP contribution is -2.47. The number of sulfonamides is 1. The summed E-state index contributed by atoms with van der Waals surface area (Å²) >= 11 is 0. The fraction of sp³-hybridized carbons (Fsp3) is 0.308. The minimum atomic E-state index is -3.66.